The van der Waals surface area contributed by atoms with E-state index < -0.39 is 0 Å². The van der Waals surface area contributed by atoms with Crippen LogP contribution in [0.2, 0.25) is 0 Å². The number of imidazole rings is 1. The van der Waals surface area contributed by atoms with Crippen LogP contribution in [0.4, 0.5) is 11.5 Å². The molecule has 1 fully saturated rings. The number of nitrogens with one attached hydrogen (secondary N) is 2. The Morgan fingerprint density at radius 1 is 1.00 bits per heavy atom. The van der Waals surface area contributed by atoms with Crippen molar-refractivity contribution in [2.45, 2.75) is 0 Å². The molecule has 0 unspecified atom stereocenters. The third-order valence-electron chi connectivity index (χ3n) is 5.06. The molecule has 1 aliphatic rings. The summed E-state index contributed by atoms with van der Waals surface area (Å²) in [5.74, 6) is 1.29. The summed E-state index contributed by atoms with van der Waals surface area (Å²) in [7, 11) is 0. The molecule has 150 valence electrons. The second-order valence-corrected chi connectivity index (χ2v) is 6.94. The molecule has 0 amide bonds. The first-order valence-electron chi connectivity index (χ1n) is 9.85. The average molecular weight is 399 g/mol. The fraction of sp³-hybridized carbons (Fsp3) is 0.182. The first-order valence-corrected chi connectivity index (χ1v) is 9.85. The molecule has 0 saturated carbocycles. The van der Waals surface area contributed by atoms with Gasteiger partial charge in [0.05, 0.1) is 19.4 Å². The van der Waals surface area contributed by atoms with Crippen LogP contribution in [0.15, 0.2) is 66.0 Å². The summed E-state index contributed by atoms with van der Waals surface area (Å²) in [4.78, 5) is 9.70. The molecule has 3 heterocycles. The summed E-state index contributed by atoms with van der Waals surface area (Å²) in [5.41, 5.74) is 5.94. The minimum Gasteiger partial charge on any atom is -0.378 e. The maximum atomic E-state index is 5.41. The smallest absolute Gasteiger partial charge is 0.176 e. The van der Waals surface area contributed by atoms with Crippen LogP contribution in [0.5, 0.6) is 0 Å². The van der Waals surface area contributed by atoms with Gasteiger partial charge in [-0.25, -0.2) is 4.98 Å². The summed E-state index contributed by atoms with van der Waals surface area (Å²) < 4.78 is 5.41. The summed E-state index contributed by atoms with van der Waals surface area (Å²) in [6, 6.07) is 16.3. The van der Waals surface area contributed by atoms with Crippen molar-refractivity contribution in [2.24, 2.45) is 5.10 Å². The molecule has 0 radical (unpaired) electrons. The number of nitrogens with zero attached hydrogens (tertiary/aromatic N) is 5. The summed E-state index contributed by atoms with van der Waals surface area (Å²) in [6.07, 6.45) is 5.25. The van der Waals surface area contributed by atoms with Crippen molar-refractivity contribution in [3.05, 3.63) is 66.5 Å². The SMILES string of the molecule is C(=N/Nc1nnc(-c2ncc[nH]2)c2ccccc12)/c1ccc(N2CCOCC2)cc1. The van der Waals surface area contributed by atoms with Crippen LogP contribution in [-0.2, 0) is 4.74 Å². The van der Waals surface area contributed by atoms with Crippen LogP contribution in [0.1, 0.15) is 5.56 Å². The number of rotatable bonds is 5. The van der Waals surface area contributed by atoms with Gasteiger partial charge in [-0.1, -0.05) is 36.4 Å². The molecule has 2 aromatic carbocycles. The van der Waals surface area contributed by atoms with E-state index in [1.165, 1.54) is 5.69 Å². The number of morpholine rings is 1. The normalized spacial score (nSPS) is 14.5. The highest BCUT2D eigenvalue weighted by Gasteiger charge is 2.12. The van der Waals surface area contributed by atoms with Gasteiger partial charge in [0.1, 0.15) is 5.69 Å². The Hall–Kier alpha value is -3.78. The highest BCUT2D eigenvalue weighted by Crippen LogP contribution is 2.27. The van der Waals surface area contributed by atoms with Gasteiger partial charge in [-0.3, -0.25) is 5.43 Å². The fourth-order valence-electron chi connectivity index (χ4n) is 3.52. The van der Waals surface area contributed by atoms with Crippen LogP contribution < -0.4 is 10.3 Å². The van der Waals surface area contributed by atoms with Crippen LogP contribution in [0.25, 0.3) is 22.3 Å². The zero-order chi connectivity index (χ0) is 20.2. The molecule has 4 aromatic rings. The number of ether oxygens (including phenoxy) is 1. The largest absolute Gasteiger partial charge is 0.378 e. The summed E-state index contributed by atoms with van der Waals surface area (Å²) >= 11 is 0. The first-order chi connectivity index (χ1) is 14.9. The molecule has 0 spiro atoms. The van der Waals surface area contributed by atoms with Gasteiger partial charge in [0.25, 0.3) is 0 Å². The third-order valence-corrected chi connectivity index (χ3v) is 5.06. The van der Waals surface area contributed by atoms with Crippen molar-refractivity contribution < 1.29 is 4.74 Å². The van der Waals surface area contributed by atoms with Crippen LogP contribution >= 0.6 is 0 Å². The first kappa shape index (κ1) is 18.3. The average Bonchev–Trinajstić information content (AvgIpc) is 3.35. The van der Waals surface area contributed by atoms with Crippen molar-refractivity contribution in [2.75, 3.05) is 36.6 Å². The standard InChI is InChI=1S/C22H21N7O/c1-2-4-19-18(3-1)20(22-23-9-10-24-22)26-28-21(19)27-25-15-16-5-7-17(8-6-16)29-11-13-30-14-12-29/h1-10,15H,11-14H2,(H,23,24)(H,27,28)/b25-15-. The zero-order valence-corrected chi connectivity index (χ0v) is 16.3. The van der Waals surface area contributed by atoms with Crippen molar-refractivity contribution in [3.63, 3.8) is 0 Å². The quantitative estimate of drug-likeness (QED) is 0.395. The van der Waals surface area contributed by atoms with Gasteiger partial charge in [-0.05, 0) is 17.7 Å². The predicted molar refractivity (Wildman–Crippen MR) is 118 cm³/mol. The monoisotopic (exact) mass is 399 g/mol. The van der Waals surface area contributed by atoms with Gasteiger partial charge in [-0.2, -0.15) is 5.10 Å². The molecule has 2 aromatic heterocycles. The molecule has 8 heteroatoms. The number of aromatic nitrogens is 4. The molecule has 1 saturated heterocycles. The molecule has 1 aliphatic heterocycles. The minimum atomic E-state index is 0.599. The Morgan fingerprint density at radius 2 is 1.80 bits per heavy atom. The number of hydrogen-bond donors (Lipinski definition) is 2. The zero-order valence-electron chi connectivity index (χ0n) is 16.3. The Kier molecular flexibility index (Phi) is 5.05. The van der Waals surface area contributed by atoms with E-state index >= 15 is 0 Å². The van der Waals surface area contributed by atoms with E-state index in [-0.39, 0.29) is 0 Å². The van der Waals surface area contributed by atoms with Crippen LogP contribution in [0, 0.1) is 0 Å². The number of hydrazone groups is 1. The maximum Gasteiger partial charge on any atom is 0.176 e. The molecule has 0 aliphatic carbocycles. The van der Waals surface area contributed by atoms with E-state index in [0.717, 1.165) is 42.6 Å². The highest BCUT2D eigenvalue weighted by molar-refractivity contribution is 5.99. The Bertz CT molecular complexity index is 1150. The van der Waals surface area contributed by atoms with Gasteiger partial charge in [0.15, 0.2) is 11.6 Å². The second kappa shape index (κ2) is 8.30. The van der Waals surface area contributed by atoms with E-state index in [1.54, 1.807) is 18.6 Å². The highest BCUT2D eigenvalue weighted by atomic mass is 16.5. The Labute approximate surface area is 173 Å². The number of hydrogen-bond acceptors (Lipinski definition) is 7. The number of anilines is 2. The number of fused-ring (bicyclic) bond motifs is 1. The van der Waals surface area contributed by atoms with E-state index in [1.807, 2.05) is 24.3 Å². The summed E-state index contributed by atoms with van der Waals surface area (Å²) in [6.45, 7) is 3.41. The molecule has 2 N–H and O–H groups in total. The summed E-state index contributed by atoms with van der Waals surface area (Å²) in [5, 5.41) is 14.9. The van der Waals surface area contributed by atoms with Crippen molar-refractivity contribution >= 4 is 28.5 Å². The number of benzene rings is 2. The lowest BCUT2D eigenvalue weighted by molar-refractivity contribution is 0.122. The van der Waals surface area contributed by atoms with E-state index in [2.05, 4.69) is 59.9 Å². The Morgan fingerprint density at radius 3 is 2.57 bits per heavy atom. The van der Waals surface area contributed by atoms with Gasteiger partial charge in [0, 0.05) is 41.9 Å². The molecular formula is C22H21N7O. The number of aromatic amines is 1. The van der Waals surface area contributed by atoms with Crippen LogP contribution in [-0.4, -0.2) is 52.7 Å². The molecule has 8 nitrogen and oxygen atoms in total. The topological polar surface area (TPSA) is 91.3 Å². The van der Waals surface area contributed by atoms with Gasteiger partial charge >= 0.3 is 0 Å². The molecule has 5 rings (SSSR count). The predicted octanol–water partition coefficient (Wildman–Crippen LogP) is 3.30. The van der Waals surface area contributed by atoms with Crippen molar-refractivity contribution in [3.8, 4) is 11.5 Å². The van der Waals surface area contributed by atoms with Crippen molar-refractivity contribution in [1.29, 1.82) is 0 Å². The molecular weight excluding hydrogens is 378 g/mol. The van der Waals surface area contributed by atoms with Gasteiger partial charge in [0.2, 0.25) is 0 Å². The molecule has 0 atom stereocenters. The van der Waals surface area contributed by atoms with Gasteiger partial charge < -0.3 is 14.6 Å². The van der Waals surface area contributed by atoms with Crippen LogP contribution in [0.3, 0.4) is 0 Å². The molecule has 30 heavy (non-hydrogen) atoms. The second-order valence-electron chi connectivity index (χ2n) is 6.94. The third kappa shape index (κ3) is 3.72. The van der Waals surface area contributed by atoms with E-state index in [9.17, 15) is 0 Å². The van der Waals surface area contributed by atoms with E-state index in [0.29, 0.717) is 17.3 Å². The minimum absolute atomic E-state index is 0.599. The maximum absolute atomic E-state index is 5.41. The van der Waals surface area contributed by atoms with E-state index in [4.69, 9.17) is 4.74 Å². The van der Waals surface area contributed by atoms with Gasteiger partial charge in [-0.15, -0.1) is 10.2 Å². The van der Waals surface area contributed by atoms with Crippen molar-refractivity contribution in [1.82, 2.24) is 20.2 Å². The molecule has 0 bridgehead atoms. The number of H-pyrrole nitrogens is 1. The lowest BCUT2D eigenvalue weighted by atomic mass is 10.1. The fourth-order valence-corrected chi connectivity index (χ4v) is 3.52. The Balaban J connectivity index is 1.34. The lowest BCUT2D eigenvalue weighted by Crippen LogP contribution is -2.36. The lowest BCUT2D eigenvalue weighted by Gasteiger charge is -2.28.